The van der Waals surface area contributed by atoms with E-state index < -0.39 is 6.10 Å². The summed E-state index contributed by atoms with van der Waals surface area (Å²) < 4.78 is 1.85. The van der Waals surface area contributed by atoms with Gasteiger partial charge in [-0.25, -0.2) is 0 Å². The first-order valence-corrected chi connectivity index (χ1v) is 5.81. The Morgan fingerprint density at radius 3 is 2.94 bits per heavy atom. The van der Waals surface area contributed by atoms with E-state index in [4.69, 9.17) is 0 Å². The van der Waals surface area contributed by atoms with Crippen LogP contribution in [0.5, 0.6) is 0 Å². The zero-order valence-corrected chi connectivity index (χ0v) is 10.2. The van der Waals surface area contributed by atoms with Crippen molar-refractivity contribution in [3.8, 4) is 0 Å². The number of aliphatic hydroxyl groups excluding tert-OH is 1. The van der Waals surface area contributed by atoms with E-state index in [1.165, 1.54) is 0 Å². The lowest BCUT2D eigenvalue weighted by molar-refractivity contribution is 0.173. The summed E-state index contributed by atoms with van der Waals surface area (Å²) in [5.41, 5.74) is 2.80. The molecular formula is C13H17N3O. The van der Waals surface area contributed by atoms with Crippen molar-refractivity contribution in [2.45, 2.75) is 32.9 Å². The summed E-state index contributed by atoms with van der Waals surface area (Å²) in [6, 6.07) is 3.84. The summed E-state index contributed by atoms with van der Waals surface area (Å²) in [6.45, 7) is 4.84. The van der Waals surface area contributed by atoms with Gasteiger partial charge in [-0.2, -0.15) is 5.10 Å². The molecule has 0 spiro atoms. The van der Waals surface area contributed by atoms with Gasteiger partial charge in [0.05, 0.1) is 11.9 Å². The van der Waals surface area contributed by atoms with Gasteiger partial charge in [-0.3, -0.25) is 9.67 Å². The standard InChI is InChI=1S/C13H17N3O/c1-3-16-9-11(8-15-16)7-12(17)13-10(2)5-4-6-14-13/h4-6,8-9,12,17H,3,7H2,1-2H3. The number of hydrogen-bond donors (Lipinski definition) is 1. The van der Waals surface area contributed by atoms with Crippen LogP contribution in [0.25, 0.3) is 0 Å². The smallest absolute Gasteiger partial charge is 0.100 e. The maximum atomic E-state index is 10.1. The molecule has 0 bridgehead atoms. The Balaban J connectivity index is 2.11. The number of hydrogen-bond acceptors (Lipinski definition) is 3. The summed E-state index contributed by atoms with van der Waals surface area (Å²) in [5.74, 6) is 0. The van der Waals surface area contributed by atoms with Gasteiger partial charge in [-0.15, -0.1) is 0 Å². The SMILES string of the molecule is CCn1cc(CC(O)c2ncccc2C)cn1. The molecule has 2 rings (SSSR count). The van der Waals surface area contributed by atoms with Crippen LogP contribution >= 0.6 is 0 Å². The van der Waals surface area contributed by atoms with Crippen molar-refractivity contribution in [2.24, 2.45) is 0 Å². The first kappa shape index (κ1) is 11.8. The molecule has 0 saturated carbocycles. The van der Waals surface area contributed by atoms with Crippen LogP contribution in [0, 0.1) is 6.92 Å². The Morgan fingerprint density at radius 1 is 1.47 bits per heavy atom. The normalized spacial score (nSPS) is 12.6. The van der Waals surface area contributed by atoms with E-state index in [1.54, 1.807) is 12.4 Å². The van der Waals surface area contributed by atoms with Crippen LogP contribution in [0.2, 0.25) is 0 Å². The van der Waals surface area contributed by atoms with Gasteiger partial charge < -0.3 is 5.11 Å². The van der Waals surface area contributed by atoms with E-state index >= 15 is 0 Å². The minimum atomic E-state index is -0.564. The predicted molar refractivity (Wildman–Crippen MR) is 65.5 cm³/mol. The highest BCUT2D eigenvalue weighted by Crippen LogP contribution is 2.18. The molecule has 2 aromatic heterocycles. The van der Waals surface area contributed by atoms with Crippen LogP contribution in [0.4, 0.5) is 0 Å². The van der Waals surface area contributed by atoms with E-state index in [1.807, 2.05) is 36.9 Å². The molecule has 0 radical (unpaired) electrons. The molecule has 1 atom stereocenters. The maximum absolute atomic E-state index is 10.1. The van der Waals surface area contributed by atoms with Crippen LogP contribution in [-0.2, 0) is 13.0 Å². The lowest BCUT2D eigenvalue weighted by Crippen LogP contribution is -2.05. The zero-order chi connectivity index (χ0) is 12.3. The van der Waals surface area contributed by atoms with Gasteiger partial charge in [0.25, 0.3) is 0 Å². The minimum Gasteiger partial charge on any atom is -0.386 e. The summed E-state index contributed by atoms with van der Waals surface area (Å²) in [7, 11) is 0. The molecule has 2 aromatic rings. The number of aliphatic hydroxyl groups is 1. The molecule has 0 saturated heterocycles. The molecule has 2 heterocycles. The molecule has 1 N–H and O–H groups in total. The van der Waals surface area contributed by atoms with E-state index in [9.17, 15) is 5.11 Å². The van der Waals surface area contributed by atoms with E-state index in [0.717, 1.165) is 23.4 Å². The highest BCUT2D eigenvalue weighted by atomic mass is 16.3. The van der Waals surface area contributed by atoms with Crippen molar-refractivity contribution >= 4 is 0 Å². The van der Waals surface area contributed by atoms with Gasteiger partial charge in [0.15, 0.2) is 0 Å². The van der Waals surface area contributed by atoms with Crippen LogP contribution in [0.15, 0.2) is 30.7 Å². The third-order valence-corrected chi connectivity index (χ3v) is 2.81. The van der Waals surface area contributed by atoms with Crippen LogP contribution in [0.3, 0.4) is 0 Å². The van der Waals surface area contributed by atoms with E-state index in [-0.39, 0.29) is 0 Å². The fourth-order valence-corrected chi connectivity index (χ4v) is 1.85. The van der Waals surface area contributed by atoms with Gasteiger partial charge in [-0.05, 0) is 31.0 Å². The van der Waals surface area contributed by atoms with Gasteiger partial charge >= 0.3 is 0 Å². The molecular weight excluding hydrogens is 214 g/mol. The lowest BCUT2D eigenvalue weighted by atomic mass is 10.1. The number of rotatable bonds is 4. The van der Waals surface area contributed by atoms with Crippen molar-refractivity contribution in [3.63, 3.8) is 0 Å². The molecule has 0 aromatic carbocycles. The number of aryl methyl sites for hydroxylation is 2. The number of nitrogens with zero attached hydrogens (tertiary/aromatic N) is 3. The molecule has 4 heteroatoms. The fraction of sp³-hybridized carbons (Fsp3) is 0.385. The van der Waals surface area contributed by atoms with Crippen LogP contribution in [0.1, 0.15) is 29.8 Å². The topological polar surface area (TPSA) is 50.9 Å². The highest BCUT2D eigenvalue weighted by molar-refractivity contribution is 5.21. The van der Waals surface area contributed by atoms with Crippen LogP contribution in [-0.4, -0.2) is 19.9 Å². The average molecular weight is 231 g/mol. The van der Waals surface area contributed by atoms with Gasteiger partial charge in [0.2, 0.25) is 0 Å². The largest absolute Gasteiger partial charge is 0.386 e. The Morgan fingerprint density at radius 2 is 2.29 bits per heavy atom. The van der Waals surface area contributed by atoms with Gasteiger partial charge in [0.1, 0.15) is 6.10 Å². The van der Waals surface area contributed by atoms with Crippen LogP contribution < -0.4 is 0 Å². The molecule has 4 nitrogen and oxygen atoms in total. The summed E-state index contributed by atoms with van der Waals surface area (Å²) in [4.78, 5) is 4.22. The number of pyridine rings is 1. The lowest BCUT2D eigenvalue weighted by Gasteiger charge is -2.10. The molecule has 90 valence electrons. The van der Waals surface area contributed by atoms with Gasteiger partial charge in [-0.1, -0.05) is 6.07 Å². The molecule has 0 fully saturated rings. The summed E-state index contributed by atoms with van der Waals surface area (Å²) in [5, 5.41) is 14.3. The minimum absolute atomic E-state index is 0.553. The highest BCUT2D eigenvalue weighted by Gasteiger charge is 2.13. The first-order valence-electron chi connectivity index (χ1n) is 5.81. The summed E-state index contributed by atoms with van der Waals surface area (Å²) in [6.07, 6.45) is 5.46. The molecule has 0 aliphatic heterocycles. The van der Waals surface area contributed by atoms with E-state index in [0.29, 0.717) is 6.42 Å². The zero-order valence-electron chi connectivity index (χ0n) is 10.2. The van der Waals surface area contributed by atoms with E-state index in [2.05, 4.69) is 10.1 Å². The molecule has 0 aliphatic rings. The molecule has 1 unspecified atom stereocenters. The molecule has 0 aliphatic carbocycles. The van der Waals surface area contributed by atoms with Crippen molar-refractivity contribution in [3.05, 3.63) is 47.5 Å². The second-order valence-corrected chi connectivity index (χ2v) is 4.13. The third-order valence-electron chi connectivity index (χ3n) is 2.81. The Labute approximate surface area is 101 Å². The third kappa shape index (κ3) is 2.71. The second-order valence-electron chi connectivity index (χ2n) is 4.13. The Kier molecular flexibility index (Phi) is 3.54. The van der Waals surface area contributed by atoms with Crippen molar-refractivity contribution in [1.29, 1.82) is 0 Å². The van der Waals surface area contributed by atoms with Crippen molar-refractivity contribution < 1.29 is 5.11 Å². The second kappa shape index (κ2) is 5.10. The molecule has 17 heavy (non-hydrogen) atoms. The summed E-state index contributed by atoms with van der Waals surface area (Å²) >= 11 is 0. The van der Waals surface area contributed by atoms with Crippen molar-refractivity contribution in [2.75, 3.05) is 0 Å². The Hall–Kier alpha value is -1.68. The first-order chi connectivity index (χ1) is 8.20. The average Bonchev–Trinajstić information content (AvgIpc) is 2.77. The monoisotopic (exact) mass is 231 g/mol. The van der Waals surface area contributed by atoms with Crippen molar-refractivity contribution in [1.82, 2.24) is 14.8 Å². The van der Waals surface area contributed by atoms with Gasteiger partial charge in [0, 0.05) is 25.4 Å². The number of aromatic nitrogens is 3. The quantitative estimate of drug-likeness (QED) is 0.874. The Bertz CT molecular complexity index is 493. The molecule has 0 amide bonds. The fourth-order valence-electron chi connectivity index (χ4n) is 1.85. The predicted octanol–water partition coefficient (Wildman–Crippen LogP) is 1.88. The maximum Gasteiger partial charge on any atom is 0.100 e.